The average Bonchev–Trinajstić information content (AvgIpc) is 3.06. The fourth-order valence-corrected chi connectivity index (χ4v) is 3.48. The number of rotatable bonds is 3. The number of nitrogens with zero attached hydrogens (tertiary/aromatic N) is 2. The first-order valence-electron chi connectivity index (χ1n) is 6.05. The Labute approximate surface area is 118 Å². The third-order valence-corrected chi connectivity index (χ3v) is 4.55. The second kappa shape index (κ2) is 4.78. The monoisotopic (exact) mass is 292 g/mol. The van der Waals surface area contributed by atoms with Crippen LogP contribution in [0.15, 0.2) is 18.2 Å². The second-order valence-corrected chi connectivity index (χ2v) is 5.78. The summed E-state index contributed by atoms with van der Waals surface area (Å²) in [5, 5.41) is 22.3. The lowest BCUT2D eigenvalue weighted by Crippen LogP contribution is -2.54. The fraction of sp³-hybridized carbons (Fsp3) is 0.333. The zero-order valence-corrected chi connectivity index (χ0v) is 11.2. The maximum atomic E-state index is 12.2. The van der Waals surface area contributed by atoms with Crippen molar-refractivity contribution >= 4 is 34.7 Å². The number of nitrogens with one attached hydrogen (secondary N) is 2. The van der Waals surface area contributed by atoms with Crippen LogP contribution in [0.1, 0.15) is 16.8 Å². The Morgan fingerprint density at radius 3 is 2.85 bits per heavy atom. The highest BCUT2D eigenvalue weighted by molar-refractivity contribution is 7.99. The Bertz CT molecular complexity index is 678. The number of fused-ring (bicyclic) bond motifs is 1. The van der Waals surface area contributed by atoms with E-state index in [2.05, 4.69) is 20.7 Å². The molecule has 1 aliphatic rings. The molecule has 7 nitrogen and oxygen atoms in total. The van der Waals surface area contributed by atoms with E-state index in [1.807, 2.05) is 0 Å². The summed E-state index contributed by atoms with van der Waals surface area (Å²) >= 11 is 1.53. The molecular formula is C12H12N4O3S. The quantitative estimate of drug-likeness (QED) is 0.766. The molecule has 1 aromatic carbocycles. The van der Waals surface area contributed by atoms with Gasteiger partial charge in [-0.2, -0.15) is 27.2 Å². The van der Waals surface area contributed by atoms with Crippen LogP contribution in [0, 0.1) is 0 Å². The normalized spacial score (nSPS) is 22.0. The molecule has 2 heterocycles. The molecule has 0 unspecified atom stereocenters. The molecule has 1 atom stereocenters. The summed E-state index contributed by atoms with van der Waals surface area (Å²) < 4.78 is 0. The topological polar surface area (TPSA) is 108 Å². The third-order valence-electron chi connectivity index (χ3n) is 3.36. The first-order valence-corrected chi connectivity index (χ1v) is 7.20. The van der Waals surface area contributed by atoms with Gasteiger partial charge in [0, 0.05) is 11.3 Å². The van der Waals surface area contributed by atoms with Gasteiger partial charge in [-0.15, -0.1) is 0 Å². The van der Waals surface area contributed by atoms with Crippen molar-refractivity contribution in [2.24, 2.45) is 0 Å². The number of carboxylic acids is 1. The van der Waals surface area contributed by atoms with E-state index in [-0.39, 0.29) is 0 Å². The Morgan fingerprint density at radius 2 is 2.15 bits per heavy atom. The lowest BCUT2D eigenvalue weighted by Gasteiger charge is -2.24. The van der Waals surface area contributed by atoms with Gasteiger partial charge in [0.05, 0.1) is 0 Å². The second-order valence-electron chi connectivity index (χ2n) is 4.67. The van der Waals surface area contributed by atoms with Gasteiger partial charge in [0.15, 0.2) is 0 Å². The molecule has 0 radical (unpaired) electrons. The van der Waals surface area contributed by atoms with Crippen LogP contribution in [-0.2, 0) is 4.79 Å². The lowest BCUT2D eigenvalue weighted by atomic mass is 9.98. The van der Waals surface area contributed by atoms with E-state index in [4.69, 9.17) is 0 Å². The number of H-pyrrole nitrogens is 1. The molecule has 1 aliphatic heterocycles. The van der Waals surface area contributed by atoms with Gasteiger partial charge >= 0.3 is 5.97 Å². The third kappa shape index (κ3) is 2.11. The minimum absolute atomic E-state index is 0.379. The van der Waals surface area contributed by atoms with Gasteiger partial charge in [0.1, 0.15) is 16.6 Å². The summed E-state index contributed by atoms with van der Waals surface area (Å²) in [6.07, 6.45) is 0.435. The number of aromatic amines is 1. The van der Waals surface area contributed by atoms with Crippen molar-refractivity contribution in [1.29, 1.82) is 0 Å². The van der Waals surface area contributed by atoms with Crippen molar-refractivity contribution < 1.29 is 14.7 Å². The summed E-state index contributed by atoms with van der Waals surface area (Å²) in [6, 6.07) is 4.87. The number of hydrogen-bond donors (Lipinski definition) is 3. The Kier molecular flexibility index (Phi) is 3.09. The Hall–Kier alpha value is -2.09. The van der Waals surface area contributed by atoms with E-state index in [0.717, 1.165) is 5.75 Å². The van der Waals surface area contributed by atoms with Gasteiger partial charge in [-0.3, -0.25) is 4.79 Å². The minimum atomic E-state index is -1.17. The van der Waals surface area contributed by atoms with Crippen LogP contribution in [0.25, 0.3) is 11.0 Å². The number of amides is 1. The first-order chi connectivity index (χ1) is 9.61. The Balaban J connectivity index is 1.86. The van der Waals surface area contributed by atoms with E-state index in [0.29, 0.717) is 28.8 Å². The number of aliphatic carboxylic acids is 1. The highest BCUT2D eigenvalue weighted by atomic mass is 32.2. The molecular weight excluding hydrogens is 280 g/mol. The minimum Gasteiger partial charge on any atom is -0.479 e. The van der Waals surface area contributed by atoms with Crippen LogP contribution in [0.5, 0.6) is 0 Å². The number of carboxylic acid groups (broad SMARTS) is 1. The SMILES string of the molecule is O=C(N[C@]1(C(=O)O)CCSC1)c1ccc2n[nH]nc2c1. The van der Waals surface area contributed by atoms with Gasteiger partial charge in [0.2, 0.25) is 0 Å². The maximum absolute atomic E-state index is 12.2. The number of carbonyl (C=O) groups excluding carboxylic acids is 1. The predicted molar refractivity (Wildman–Crippen MR) is 73.7 cm³/mol. The summed E-state index contributed by atoms with van der Waals surface area (Å²) in [5.41, 5.74) is 0.443. The zero-order valence-electron chi connectivity index (χ0n) is 10.4. The molecule has 0 aliphatic carbocycles. The summed E-state index contributed by atoms with van der Waals surface area (Å²) in [6.45, 7) is 0. The number of carbonyl (C=O) groups is 2. The summed E-state index contributed by atoms with van der Waals surface area (Å²) in [7, 11) is 0. The number of benzene rings is 1. The van der Waals surface area contributed by atoms with E-state index >= 15 is 0 Å². The van der Waals surface area contributed by atoms with Crippen LogP contribution in [-0.4, -0.2) is 49.4 Å². The summed E-state index contributed by atoms with van der Waals surface area (Å²) in [5.74, 6) is -0.270. The van der Waals surface area contributed by atoms with Gasteiger partial charge in [-0.1, -0.05) is 0 Å². The van der Waals surface area contributed by atoms with Crippen molar-refractivity contribution in [2.75, 3.05) is 11.5 Å². The van der Waals surface area contributed by atoms with E-state index < -0.39 is 17.4 Å². The van der Waals surface area contributed by atoms with Crippen molar-refractivity contribution in [3.63, 3.8) is 0 Å². The molecule has 1 aromatic heterocycles. The largest absolute Gasteiger partial charge is 0.479 e. The fourth-order valence-electron chi connectivity index (χ4n) is 2.16. The van der Waals surface area contributed by atoms with E-state index in [1.54, 1.807) is 18.2 Å². The number of thioether (sulfide) groups is 1. The van der Waals surface area contributed by atoms with Crippen LogP contribution >= 0.6 is 11.8 Å². The average molecular weight is 292 g/mol. The van der Waals surface area contributed by atoms with Gasteiger partial charge in [0.25, 0.3) is 5.91 Å². The van der Waals surface area contributed by atoms with E-state index in [1.165, 1.54) is 11.8 Å². The highest BCUT2D eigenvalue weighted by Gasteiger charge is 2.43. The van der Waals surface area contributed by atoms with Crippen molar-refractivity contribution in [3.8, 4) is 0 Å². The molecule has 20 heavy (non-hydrogen) atoms. The smallest absolute Gasteiger partial charge is 0.330 e. The maximum Gasteiger partial charge on any atom is 0.330 e. The molecule has 1 saturated heterocycles. The highest BCUT2D eigenvalue weighted by Crippen LogP contribution is 2.28. The van der Waals surface area contributed by atoms with Crippen molar-refractivity contribution in [1.82, 2.24) is 20.7 Å². The van der Waals surface area contributed by atoms with Crippen LogP contribution in [0.3, 0.4) is 0 Å². The lowest BCUT2D eigenvalue weighted by molar-refractivity contribution is -0.143. The number of hydrogen-bond acceptors (Lipinski definition) is 5. The zero-order chi connectivity index (χ0) is 14.2. The molecule has 104 valence electrons. The summed E-state index contributed by atoms with van der Waals surface area (Å²) in [4.78, 5) is 23.6. The molecule has 2 aromatic rings. The van der Waals surface area contributed by atoms with Gasteiger partial charge in [-0.25, -0.2) is 4.79 Å². The van der Waals surface area contributed by atoms with Crippen LogP contribution in [0.4, 0.5) is 0 Å². The molecule has 0 spiro atoms. The van der Waals surface area contributed by atoms with E-state index in [9.17, 15) is 14.7 Å². The van der Waals surface area contributed by atoms with Crippen molar-refractivity contribution in [2.45, 2.75) is 12.0 Å². The van der Waals surface area contributed by atoms with Crippen molar-refractivity contribution in [3.05, 3.63) is 23.8 Å². The molecule has 8 heteroatoms. The molecule has 1 amide bonds. The van der Waals surface area contributed by atoms with Crippen LogP contribution in [0.2, 0.25) is 0 Å². The molecule has 0 saturated carbocycles. The molecule has 3 rings (SSSR count). The predicted octanol–water partition coefficient (Wildman–Crippen LogP) is 0.648. The first kappa shape index (κ1) is 12.9. The molecule has 1 fully saturated rings. The Morgan fingerprint density at radius 1 is 1.35 bits per heavy atom. The standard InChI is InChI=1S/C12H12N4O3S/c17-10(13-12(11(18)19)3-4-20-6-12)7-1-2-8-9(5-7)15-16-14-8/h1-2,5H,3-4,6H2,(H,13,17)(H,18,19)(H,14,15,16)/t12-/m1/s1. The van der Waals surface area contributed by atoms with Gasteiger partial charge in [-0.05, 0) is 30.4 Å². The van der Waals surface area contributed by atoms with Crippen LogP contribution < -0.4 is 5.32 Å². The molecule has 0 bridgehead atoms. The molecule has 3 N–H and O–H groups in total. The number of aromatic nitrogens is 3. The van der Waals surface area contributed by atoms with Gasteiger partial charge < -0.3 is 10.4 Å².